The summed E-state index contributed by atoms with van der Waals surface area (Å²) in [4.78, 5) is 4.96. The second-order valence-electron chi connectivity index (χ2n) is 7.66. The Morgan fingerprint density at radius 1 is 1.05 bits per heavy atom. The molecule has 0 amide bonds. The van der Waals surface area contributed by atoms with E-state index in [4.69, 9.17) is 4.98 Å². The molecule has 0 bridgehead atoms. The van der Waals surface area contributed by atoms with E-state index in [-0.39, 0.29) is 5.41 Å². The van der Waals surface area contributed by atoms with Gasteiger partial charge in [-0.15, -0.1) is 0 Å². The lowest BCUT2D eigenvalue weighted by Crippen LogP contribution is -2.18. The summed E-state index contributed by atoms with van der Waals surface area (Å²) >= 11 is 0. The molecule has 0 spiro atoms. The van der Waals surface area contributed by atoms with Crippen molar-refractivity contribution >= 4 is 10.9 Å². The van der Waals surface area contributed by atoms with Gasteiger partial charge in [-0.3, -0.25) is 4.98 Å². The molecular weight excluding hydrogens is 268 g/mol. The summed E-state index contributed by atoms with van der Waals surface area (Å²) in [5.74, 6) is 0.709. The molecule has 2 heteroatoms. The standard InChI is InChI=1S/C20H26N2/c1-12(2)14-9-8-10-15-17(13(3)4)16(11-21)19(20(5,6)7)22-18(14)15/h8-10,12-13H,1-7H3. The number of rotatable bonds is 2. The van der Waals surface area contributed by atoms with E-state index >= 15 is 0 Å². The van der Waals surface area contributed by atoms with Gasteiger partial charge in [-0.2, -0.15) is 5.26 Å². The molecule has 2 rings (SSSR count). The van der Waals surface area contributed by atoms with E-state index in [0.29, 0.717) is 11.8 Å². The summed E-state index contributed by atoms with van der Waals surface area (Å²) in [7, 11) is 0. The summed E-state index contributed by atoms with van der Waals surface area (Å²) < 4.78 is 0. The quantitative estimate of drug-likeness (QED) is 0.717. The number of benzene rings is 1. The van der Waals surface area contributed by atoms with Crippen LogP contribution in [0.3, 0.4) is 0 Å². The molecule has 0 saturated heterocycles. The molecule has 2 aromatic rings. The second kappa shape index (κ2) is 5.72. The van der Waals surface area contributed by atoms with Crippen LogP contribution in [0.2, 0.25) is 0 Å². The predicted molar refractivity (Wildman–Crippen MR) is 93.3 cm³/mol. The lowest BCUT2D eigenvalue weighted by Gasteiger charge is -2.25. The number of hydrogen-bond acceptors (Lipinski definition) is 2. The van der Waals surface area contributed by atoms with E-state index in [2.05, 4.69) is 72.7 Å². The normalized spacial score (nSPS) is 12.2. The van der Waals surface area contributed by atoms with E-state index in [9.17, 15) is 5.26 Å². The monoisotopic (exact) mass is 294 g/mol. The van der Waals surface area contributed by atoms with Crippen molar-refractivity contribution in [3.8, 4) is 6.07 Å². The highest BCUT2D eigenvalue weighted by atomic mass is 14.7. The molecule has 0 unspecified atom stereocenters. The van der Waals surface area contributed by atoms with E-state index in [1.54, 1.807) is 0 Å². The molecule has 1 aromatic carbocycles. The summed E-state index contributed by atoms with van der Waals surface area (Å²) in [5, 5.41) is 10.9. The van der Waals surface area contributed by atoms with Gasteiger partial charge >= 0.3 is 0 Å². The molecule has 0 atom stereocenters. The molecule has 1 aromatic heterocycles. The third kappa shape index (κ3) is 2.73. The number of aromatic nitrogens is 1. The largest absolute Gasteiger partial charge is 0.251 e. The molecule has 0 N–H and O–H groups in total. The molecular formula is C20H26N2. The van der Waals surface area contributed by atoms with E-state index in [1.807, 2.05) is 0 Å². The fraction of sp³-hybridized carbons (Fsp3) is 0.500. The van der Waals surface area contributed by atoms with Gasteiger partial charge in [-0.05, 0) is 23.0 Å². The van der Waals surface area contributed by atoms with Crippen LogP contribution >= 0.6 is 0 Å². The summed E-state index contributed by atoms with van der Waals surface area (Å²) in [6, 6.07) is 8.78. The molecule has 0 radical (unpaired) electrons. The number of nitrogens with zero attached hydrogens (tertiary/aromatic N) is 2. The van der Waals surface area contributed by atoms with Crippen LogP contribution in [0.4, 0.5) is 0 Å². The van der Waals surface area contributed by atoms with Gasteiger partial charge in [0, 0.05) is 10.8 Å². The zero-order chi connectivity index (χ0) is 16.7. The number of fused-ring (bicyclic) bond motifs is 1. The minimum atomic E-state index is -0.146. The highest BCUT2D eigenvalue weighted by Gasteiger charge is 2.26. The fourth-order valence-electron chi connectivity index (χ4n) is 3.05. The molecule has 0 fully saturated rings. The minimum absolute atomic E-state index is 0.146. The van der Waals surface area contributed by atoms with Crippen LogP contribution in [0, 0.1) is 11.3 Å². The predicted octanol–water partition coefficient (Wildman–Crippen LogP) is 5.65. The maximum Gasteiger partial charge on any atom is 0.101 e. The van der Waals surface area contributed by atoms with Gasteiger partial charge in [0.25, 0.3) is 0 Å². The van der Waals surface area contributed by atoms with Gasteiger partial charge in [0.15, 0.2) is 0 Å². The Labute approximate surface area is 134 Å². The minimum Gasteiger partial charge on any atom is -0.251 e. The molecule has 0 aliphatic rings. The topological polar surface area (TPSA) is 36.7 Å². The van der Waals surface area contributed by atoms with Gasteiger partial charge in [0.05, 0.1) is 16.8 Å². The van der Waals surface area contributed by atoms with Gasteiger partial charge in [-0.1, -0.05) is 66.7 Å². The highest BCUT2D eigenvalue weighted by molar-refractivity contribution is 5.88. The fourth-order valence-corrected chi connectivity index (χ4v) is 3.05. The van der Waals surface area contributed by atoms with Gasteiger partial charge in [0.2, 0.25) is 0 Å². The number of pyridine rings is 1. The number of nitriles is 1. The smallest absolute Gasteiger partial charge is 0.101 e. The van der Waals surface area contributed by atoms with Crippen molar-refractivity contribution in [2.24, 2.45) is 0 Å². The van der Waals surface area contributed by atoms with Gasteiger partial charge in [0.1, 0.15) is 6.07 Å². The summed E-state index contributed by atoms with van der Waals surface area (Å²) in [5.41, 5.74) is 4.99. The van der Waals surface area contributed by atoms with Crippen molar-refractivity contribution in [3.05, 3.63) is 40.6 Å². The summed E-state index contributed by atoms with van der Waals surface area (Å²) in [6.07, 6.45) is 0. The van der Waals surface area contributed by atoms with E-state index in [1.165, 1.54) is 5.56 Å². The van der Waals surface area contributed by atoms with E-state index < -0.39 is 0 Å². The average Bonchev–Trinajstić information content (AvgIpc) is 2.42. The maximum absolute atomic E-state index is 9.76. The number of hydrogen-bond donors (Lipinski definition) is 0. The zero-order valence-electron chi connectivity index (χ0n) is 14.8. The summed E-state index contributed by atoms with van der Waals surface area (Å²) in [6.45, 7) is 15.1. The van der Waals surface area contributed by atoms with Gasteiger partial charge < -0.3 is 0 Å². The first-order valence-corrected chi connectivity index (χ1v) is 8.05. The molecule has 0 saturated carbocycles. The van der Waals surface area contributed by atoms with E-state index in [0.717, 1.165) is 27.7 Å². The van der Waals surface area contributed by atoms with Crippen molar-refractivity contribution < 1.29 is 0 Å². The van der Waals surface area contributed by atoms with Crippen molar-refractivity contribution in [1.82, 2.24) is 4.98 Å². The first-order valence-electron chi connectivity index (χ1n) is 8.05. The van der Waals surface area contributed by atoms with Crippen LogP contribution in [-0.2, 0) is 5.41 Å². The molecule has 116 valence electrons. The Hall–Kier alpha value is -1.88. The Morgan fingerprint density at radius 3 is 2.14 bits per heavy atom. The Bertz CT molecular complexity index is 741. The lowest BCUT2D eigenvalue weighted by molar-refractivity contribution is 0.567. The zero-order valence-corrected chi connectivity index (χ0v) is 14.8. The Kier molecular flexibility index (Phi) is 4.29. The molecule has 1 heterocycles. The highest BCUT2D eigenvalue weighted by Crippen LogP contribution is 2.36. The Morgan fingerprint density at radius 2 is 1.68 bits per heavy atom. The van der Waals surface area contributed by atoms with Crippen molar-refractivity contribution in [2.45, 2.75) is 65.7 Å². The maximum atomic E-state index is 9.76. The Balaban J connectivity index is 3.05. The first kappa shape index (κ1) is 16.5. The van der Waals surface area contributed by atoms with Crippen LogP contribution in [0.5, 0.6) is 0 Å². The van der Waals surface area contributed by atoms with Crippen molar-refractivity contribution in [1.29, 1.82) is 5.26 Å². The average molecular weight is 294 g/mol. The first-order chi connectivity index (χ1) is 10.2. The molecule has 2 nitrogen and oxygen atoms in total. The van der Waals surface area contributed by atoms with Crippen molar-refractivity contribution in [3.63, 3.8) is 0 Å². The third-order valence-electron chi connectivity index (χ3n) is 4.11. The van der Waals surface area contributed by atoms with Crippen LogP contribution in [0.25, 0.3) is 10.9 Å². The molecule has 22 heavy (non-hydrogen) atoms. The third-order valence-corrected chi connectivity index (χ3v) is 4.11. The van der Waals surface area contributed by atoms with Gasteiger partial charge in [-0.25, -0.2) is 0 Å². The molecule has 0 aliphatic heterocycles. The number of para-hydroxylation sites is 1. The second-order valence-corrected chi connectivity index (χ2v) is 7.66. The van der Waals surface area contributed by atoms with Crippen LogP contribution in [-0.4, -0.2) is 4.98 Å². The van der Waals surface area contributed by atoms with Crippen LogP contribution < -0.4 is 0 Å². The lowest BCUT2D eigenvalue weighted by atomic mass is 9.82. The van der Waals surface area contributed by atoms with Crippen LogP contribution in [0.15, 0.2) is 18.2 Å². The van der Waals surface area contributed by atoms with Crippen LogP contribution in [0.1, 0.15) is 82.7 Å². The SMILES string of the molecule is CC(C)c1c(C#N)c(C(C)(C)C)nc2c(C(C)C)cccc12. The van der Waals surface area contributed by atoms with Crippen molar-refractivity contribution in [2.75, 3.05) is 0 Å². The molecule has 0 aliphatic carbocycles.